The predicted molar refractivity (Wildman–Crippen MR) is 119 cm³/mol. The third-order valence-electron chi connectivity index (χ3n) is 5.51. The zero-order chi connectivity index (χ0) is 24.2. The van der Waals surface area contributed by atoms with Crippen LogP contribution in [0.25, 0.3) is 0 Å². The summed E-state index contributed by atoms with van der Waals surface area (Å²) in [4.78, 5) is 12.7. The lowest BCUT2D eigenvalue weighted by molar-refractivity contribution is 0.0926. The molecule has 1 fully saturated rings. The summed E-state index contributed by atoms with van der Waals surface area (Å²) in [5, 5.41) is 2.69. The van der Waals surface area contributed by atoms with E-state index in [4.69, 9.17) is 9.47 Å². The van der Waals surface area contributed by atoms with Crippen LogP contribution >= 0.6 is 0 Å². The molecule has 7 nitrogen and oxygen atoms in total. The molecule has 1 N–H and O–H groups in total. The SMILES string of the molecule is COc1ccc(C(=O)NC(C)COc2ccc(F)cc2F)cc1S(=O)(=O)N1CCCCC1C. The Kier molecular flexibility index (Phi) is 7.91. The van der Waals surface area contributed by atoms with Crippen molar-refractivity contribution >= 4 is 15.9 Å². The van der Waals surface area contributed by atoms with Gasteiger partial charge in [-0.3, -0.25) is 4.79 Å². The smallest absolute Gasteiger partial charge is 0.251 e. The van der Waals surface area contributed by atoms with Gasteiger partial charge in [0.25, 0.3) is 5.91 Å². The van der Waals surface area contributed by atoms with Crippen molar-refractivity contribution in [1.29, 1.82) is 0 Å². The van der Waals surface area contributed by atoms with Crippen molar-refractivity contribution in [3.63, 3.8) is 0 Å². The normalized spacial score (nSPS) is 17.9. The van der Waals surface area contributed by atoms with Gasteiger partial charge in [0, 0.05) is 24.2 Å². The van der Waals surface area contributed by atoms with Gasteiger partial charge in [-0.2, -0.15) is 4.31 Å². The first-order chi connectivity index (χ1) is 15.6. The largest absolute Gasteiger partial charge is 0.495 e. The minimum Gasteiger partial charge on any atom is -0.495 e. The van der Waals surface area contributed by atoms with Crippen LogP contribution < -0.4 is 14.8 Å². The Morgan fingerprint density at radius 2 is 1.91 bits per heavy atom. The average Bonchev–Trinajstić information content (AvgIpc) is 2.78. The van der Waals surface area contributed by atoms with E-state index < -0.39 is 33.6 Å². The van der Waals surface area contributed by atoms with Gasteiger partial charge in [-0.1, -0.05) is 6.42 Å². The Hall–Kier alpha value is -2.72. The maximum absolute atomic E-state index is 13.7. The summed E-state index contributed by atoms with van der Waals surface area (Å²) < 4.78 is 65.4. The number of amides is 1. The molecule has 2 aromatic rings. The number of hydrogen-bond acceptors (Lipinski definition) is 5. The molecule has 1 saturated heterocycles. The van der Waals surface area contributed by atoms with Gasteiger partial charge in [0.2, 0.25) is 10.0 Å². The van der Waals surface area contributed by atoms with Crippen LogP contribution in [0.5, 0.6) is 11.5 Å². The van der Waals surface area contributed by atoms with Crippen LogP contribution in [0.3, 0.4) is 0 Å². The summed E-state index contributed by atoms with van der Waals surface area (Å²) in [6, 6.07) is 6.50. The number of sulfonamides is 1. The number of rotatable bonds is 8. The molecule has 2 unspecified atom stereocenters. The Morgan fingerprint density at radius 1 is 1.18 bits per heavy atom. The quantitative estimate of drug-likeness (QED) is 0.620. The first-order valence-electron chi connectivity index (χ1n) is 10.7. The van der Waals surface area contributed by atoms with Crippen molar-refractivity contribution in [2.45, 2.75) is 50.1 Å². The molecular weight excluding hydrogens is 454 g/mol. The molecule has 180 valence electrons. The van der Waals surface area contributed by atoms with E-state index >= 15 is 0 Å². The molecule has 1 amide bonds. The minimum atomic E-state index is -3.86. The topological polar surface area (TPSA) is 84.9 Å². The number of hydrogen-bond donors (Lipinski definition) is 1. The molecule has 10 heteroatoms. The van der Waals surface area contributed by atoms with E-state index in [1.807, 2.05) is 6.92 Å². The van der Waals surface area contributed by atoms with Crippen molar-refractivity contribution in [1.82, 2.24) is 9.62 Å². The Morgan fingerprint density at radius 3 is 2.58 bits per heavy atom. The molecule has 2 atom stereocenters. The molecule has 1 aliphatic rings. The van der Waals surface area contributed by atoms with Crippen molar-refractivity contribution in [2.24, 2.45) is 0 Å². The zero-order valence-corrected chi connectivity index (χ0v) is 19.6. The summed E-state index contributed by atoms with van der Waals surface area (Å²) in [5.41, 5.74) is 0.138. The second-order valence-corrected chi connectivity index (χ2v) is 9.95. The number of piperidine rings is 1. The van der Waals surface area contributed by atoms with Crippen molar-refractivity contribution < 1.29 is 31.5 Å². The lowest BCUT2D eigenvalue weighted by Crippen LogP contribution is -2.42. The third kappa shape index (κ3) is 5.80. The second-order valence-electron chi connectivity index (χ2n) is 8.09. The van der Waals surface area contributed by atoms with Crippen molar-refractivity contribution in [2.75, 3.05) is 20.3 Å². The lowest BCUT2D eigenvalue weighted by atomic mass is 10.1. The van der Waals surface area contributed by atoms with Crippen LogP contribution in [0.4, 0.5) is 8.78 Å². The predicted octanol–water partition coefficient (Wildman–Crippen LogP) is 3.73. The minimum absolute atomic E-state index is 0.0660. The summed E-state index contributed by atoms with van der Waals surface area (Å²) in [6.07, 6.45) is 2.51. The number of nitrogens with one attached hydrogen (secondary N) is 1. The van der Waals surface area contributed by atoms with E-state index in [-0.39, 0.29) is 34.6 Å². The number of methoxy groups -OCH3 is 1. The summed E-state index contributed by atoms with van der Waals surface area (Å²) in [5.74, 6) is -2.05. The first-order valence-corrected chi connectivity index (χ1v) is 12.2. The third-order valence-corrected chi connectivity index (χ3v) is 7.55. The number of carbonyl (C=O) groups excluding carboxylic acids is 1. The van der Waals surface area contributed by atoms with Gasteiger partial charge in [-0.25, -0.2) is 17.2 Å². The fraction of sp³-hybridized carbons (Fsp3) is 0.435. The molecule has 1 aliphatic heterocycles. The highest BCUT2D eigenvalue weighted by Gasteiger charge is 2.33. The maximum atomic E-state index is 13.7. The number of halogens is 2. The van der Waals surface area contributed by atoms with E-state index in [1.165, 1.54) is 35.7 Å². The van der Waals surface area contributed by atoms with Crippen LogP contribution in [0, 0.1) is 11.6 Å². The van der Waals surface area contributed by atoms with Gasteiger partial charge in [0.15, 0.2) is 11.6 Å². The summed E-state index contributed by atoms with van der Waals surface area (Å²) >= 11 is 0. The van der Waals surface area contributed by atoms with Crippen LogP contribution in [0.2, 0.25) is 0 Å². The standard InChI is InChI=1S/C23H28F2N2O5S/c1-15(14-32-20-10-8-18(24)13-19(20)25)26-23(28)17-7-9-21(31-3)22(12-17)33(29,30)27-11-5-4-6-16(27)2/h7-10,12-13,15-16H,4-6,11,14H2,1-3H3,(H,26,28). The summed E-state index contributed by atoms with van der Waals surface area (Å²) in [6.45, 7) is 3.86. The molecule has 0 saturated carbocycles. The van der Waals surface area contributed by atoms with Crippen LogP contribution in [-0.4, -0.2) is 51.0 Å². The van der Waals surface area contributed by atoms with E-state index in [1.54, 1.807) is 6.92 Å². The highest BCUT2D eigenvalue weighted by Crippen LogP contribution is 2.31. The number of nitrogens with zero attached hydrogens (tertiary/aromatic N) is 1. The second kappa shape index (κ2) is 10.5. The monoisotopic (exact) mass is 482 g/mol. The Bertz CT molecular complexity index is 1110. The molecule has 33 heavy (non-hydrogen) atoms. The molecule has 0 radical (unpaired) electrons. The first kappa shape index (κ1) is 24.9. The van der Waals surface area contributed by atoms with E-state index in [0.717, 1.165) is 25.3 Å². The average molecular weight is 483 g/mol. The van der Waals surface area contributed by atoms with Crippen molar-refractivity contribution in [3.8, 4) is 11.5 Å². The fourth-order valence-electron chi connectivity index (χ4n) is 3.73. The van der Waals surface area contributed by atoms with Crippen molar-refractivity contribution in [3.05, 3.63) is 53.6 Å². The highest BCUT2D eigenvalue weighted by atomic mass is 32.2. The molecular formula is C23H28F2N2O5S. The lowest BCUT2D eigenvalue weighted by Gasteiger charge is -2.32. The molecule has 3 rings (SSSR count). The molecule has 0 aromatic heterocycles. The van der Waals surface area contributed by atoms with Crippen LogP contribution in [-0.2, 0) is 10.0 Å². The molecule has 0 aliphatic carbocycles. The maximum Gasteiger partial charge on any atom is 0.251 e. The molecule has 0 spiro atoms. The molecule has 0 bridgehead atoms. The summed E-state index contributed by atoms with van der Waals surface area (Å²) in [7, 11) is -2.48. The van der Waals surface area contributed by atoms with E-state index in [9.17, 15) is 22.0 Å². The van der Waals surface area contributed by atoms with E-state index in [2.05, 4.69) is 5.32 Å². The molecule has 2 aromatic carbocycles. The number of carbonyl (C=O) groups is 1. The van der Waals surface area contributed by atoms with Crippen LogP contribution in [0.15, 0.2) is 41.3 Å². The molecule has 1 heterocycles. The number of ether oxygens (including phenoxy) is 2. The van der Waals surface area contributed by atoms with Gasteiger partial charge in [0.05, 0.1) is 13.2 Å². The van der Waals surface area contributed by atoms with Gasteiger partial charge in [-0.05, 0) is 57.0 Å². The van der Waals surface area contributed by atoms with Gasteiger partial charge in [-0.15, -0.1) is 0 Å². The fourth-order valence-corrected chi connectivity index (χ4v) is 5.61. The van der Waals surface area contributed by atoms with Gasteiger partial charge >= 0.3 is 0 Å². The van der Waals surface area contributed by atoms with Crippen LogP contribution in [0.1, 0.15) is 43.5 Å². The Balaban J connectivity index is 1.74. The van der Waals surface area contributed by atoms with Gasteiger partial charge < -0.3 is 14.8 Å². The highest BCUT2D eigenvalue weighted by molar-refractivity contribution is 7.89. The van der Waals surface area contributed by atoms with E-state index in [0.29, 0.717) is 12.6 Å². The van der Waals surface area contributed by atoms with Gasteiger partial charge in [0.1, 0.15) is 23.1 Å². The zero-order valence-electron chi connectivity index (χ0n) is 18.8. The Labute approximate surface area is 192 Å². The number of benzene rings is 2.